The van der Waals surface area contributed by atoms with Crippen molar-refractivity contribution in [3.63, 3.8) is 0 Å². The van der Waals surface area contributed by atoms with Crippen LogP contribution in [-0.4, -0.2) is 15.7 Å². The van der Waals surface area contributed by atoms with Crippen molar-refractivity contribution in [3.8, 4) is 0 Å². The number of hydrogen-bond donors (Lipinski definition) is 2. The molecular formula is C13H10F2N4S2. The predicted molar refractivity (Wildman–Crippen MR) is 83.4 cm³/mol. The molecule has 21 heavy (non-hydrogen) atoms. The summed E-state index contributed by atoms with van der Waals surface area (Å²) in [5.74, 6) is -1.82. The average molecular weight is 324 g/mol. The van der Waals surface area contributed by atoms with E-state index in [9.17, 15) is 8.78 Å². The van der Waals surface area contributed by atoms with Gasteiger partial charge in [0.05, 0.1) is 11.1 Å². The Hall–Kier alpha value is -1.93. The minimum Gasteiger partial charge on any atom is -0.368 e. The van der Waals surface area contributed by atoms with Crippen LogP contribution in [0.15, 0.2) is 40.6 Å². The summed E-state index contributed by atoms with van der Waals surface area (Å²) < 4.78 is 25.2. The first-order chi connectivity index (χ1) is 10.1. The number of hydrogen-bond acceptors (Lipinski definition) is 6. The third-order valence-electron chi connectivity index (χ3n) is 2.70. The van der Waals surface area contributed by atoms with Gasteiger partial charge in [0.1, 0.15) is 10.6 Å². The minimum absolute atomic E-state index is 0.145. The third-order valence-corrected chi connectivity index (χ3v) is 4.29. The van der Waals surface area contributed by atoms with E-state index in [2.05, 4.69) is 15.3 Å². The molecule has 3 rings (SSSR count). The fourth-order valence-corrected chi connectivity index (χ4v) is 3.23. The van der Waals surface area contributed by atoms with Crippen LogP contribution in [0.5, 0.6) is 0 Å². The lowest BCUT2D eigenvalue weighted by Crippen LogP contribution is -2.01. The number of thioether (sulfide) groups is 1. The van der Waals surface area contributed by atoms with Crippen LogP contribution in [0.2, 0.25) is 0 Å². The first-order valence-electron chi connectivity index (χ1n) is 5.95. The highest BCUT2D eigenvalue weighted by atomic mass is 32.2. The van der Waals surface area contributed by atoms with E-state index in [1.54, 1.807) is 24.3 Å². The molecule has 0 aliphatic carbocycles. The number of rotatable bonds is 4. The molecular weight excluding hydrogens is 314 g/mol. The van der Waals surface area contributed by atoms with Crippen LogP contribution in [-0.2, 0) is 0 Å². The van der Waals surface area contributed by atoms with Crippen LogP contribution in [0.3, 0.4) is 0 Å². The van der Waals surface area contributed by atoms with Gasteiger partial charge in [0, 0.05) is 4.90 Å². The molecule has 0 aliphatic rings. The topological polar surface area (TPSA) is 63.8 Å². The molecule has 0 atom stereocenters. The number of aromatic nitrogens is 2. The van der Waals surface area contributed by atoms with Gasteiger partial charge in [-0.25, -0.2) is 4.98 Å². The summed E-state index contributed by atoms with van der Waals surface area (Å²) in [4.78, 5) is 9.49. The monoisotopic (exact) mass is 324 g/mol. The second kappa shape index (κ2) is 5.82. The Bertz CT molecular complexity index is 776. The Balaban J connectivity index is 2.01. The minimum atomic E-state index is -2.48. The fraction of sp³-hybridized carbons (Fsp3) is 0.0769. The van der Waals surface area contributed by atoms with Crippen molar-refractivity contribution in [2.75, 3.05) is 11.1 Å². The number of para-hydroxylation sites is 1. The summed E-state index contributed by atoms with van der Waals surface area (Å²) in [5, 5.41) is 5.76. The molecule has 2 heterocycles. The summed E-state index contributed by atoms with van der Waals surface area (Å²) in [7, 11) is 0. The molecule has 3 N–H and O–H groups in total. The van der Waals surface area contributed by atoms with Crippen molar-refractivity contribution < 1.29 is 8.78 Å². The summed E-state index contributed by atoms with van der Waals surface area (Å²) in [6, 6.07) is 8.71. The Labute approximate surface area is 127 Å². The Morgan fingerprint density at radius 1 is 1.19 bits per heavy atom. The van der Waals surface area contributed by atoms with Gasteiger partial charge in [0.2, 0.25) is 5.95 Å². The molecule has 0 spiro atoms. The highest BCUT2D eigenvalue weighted by Crippen LogP contribution is 2.35. The van der Waals surface area contributed by atoms with E-state index in [1.165, 1.54) is 11.3 Å². The number of thiophene rings is 1. The number of nitrogens with two attached hydrogens (primary N) is 1. The molecule has 108 valence electrons. The number of fused-ring (bicyclic) bond motifs is 1. The summed E-state index contributed by atoms with van der Waals surface area (Å²) in [6.07, 6.45) is 0. The van der Waals surface area contributed by atoms with Gasteiger partial charge in [0.25, 0.3) is 5.76 Å². The van der Waals surface area contributed by atoms with Crippen molar-refractivity contribution in [2.24, 2.45) is 0 Å². The highest BCUT2D eigenvalue weighted by molar-refractivity contribution is 7.99. The first-order valence-corrected chi connectivity index (χ1v) is 7.71. The zero-order valence-electron chi connectivity index (χ0n) is 10.6. The van der Waals surface area contributed by atoms with Crippen molar-refractivity contribution in [1.82, 2.24) is 9.97 Å². The van der Waals surface area contributed by atoms with Crippen molar-refractivity contribution in [1.29, 1.82) is 0 Å². The van der Waals surface area contributed by atoms with Gasteiger partial charge in [-0.05, 0) is 23.6 Å². The zero-order chi connectivity index (χ0) is 14.8. The molecule has 8 heteroatoms. The fourth-order valence-electron chi connectivity index (χ4n) is 1.86. The molecule has 2 aromatic heterocycles. The van der Waals surface area contributed by atoms with Crippen LogP contribution < -0.4 is 11.1 Å². The molecule has 0 saturated carbocycles. The van der Waals surface area contributed by atoms with Crippen LogP contribution in [0.1, 0.15) is 0 Å². The number of benzene rings is 1. The lowest BCUT2D eigenvalue weighted by molar-refractivity contribution is 0.252. The van der Waals surface area contributed by atoms with Gasteiger partial charge >= 0.3 is 0 Å². The molecule has 0 fully saturated rings. The Morgan fingerprint density at radius 2 is 2.00 bits per heavy atom. The number of nitrogens with zero attached hydrogens (tertiary/aromatic N) is 2. The Morgan fingerprint density at radius 3 is 2.81 bits per heavy atom. The van der Waals surface area contributed by atoms with Crippen LogP contribution in [0, 0.1) is 0 Å². The quantitative estimate of drug-likeness (QED) is 0.699. The van der Waals surface area contributed by atoms with Crippen LogP contribution in [0.25, 0.3) is 10.2 Å². The van der Waals surface area contributed by atoms with Gasteiger partial charge in [0.15, 0.2) is 0 Å². The summed E-state index contributed by atoms with van der Waals surface area (Å²) in [6.45, 7) is 0. The maximum Gasteiger partial charge on any atom is 0.288 e. The third kappa shape index (κ3) is 3.06. The molecule has 0 bridgehead atoms. The molecule has 3 aromatic rings. The van der Waals surface area contributed by atoms with E-state index in [4.69, 9.17) is 5.73 Å². The smallest absolute Gasteiger partial charge is 0.288 e. The molecule has 0 amide bonds. The number of nitrogens with one attached hydrogen (secondary N) is 1. The molecule has 0 saturated heterocycles. The van der Waals surface area contributed by atoms with E-state index in [-0.39, 0.29) is 5.95 Å². The van der Waals surface area contributed by atoms with Crippen LogP contribution >= 0.6 is 23.1 Å². The second-order valence-corrected chi connectivity index (χ2v) is 6.00. The predicted octanol–water partition coefficient (Wildman–Crippen LogP) is 4.33. The molecule has 1 aromatic carbocycles. The van der Waals surface area contributed by atoms with Gasteiger partial charge in [-0.2, -0.15) is 13.8 Å². The van der Waals surface area contributed by atoms with Crippen molar-refractivity contribution in [3.05, 3.63) is 35.7 Å². The lowest BCUT2D eigenvalue weighted by atomic mass is 10.3. The molecule has 0 aliphatic heterocycles. The standard InChI is InChI=1S/C13H10F2N4S2/c14-12(15)21-9-4-2-1-3-8(9)17-10-7-5-6-20-11(7)19-13(16)18-10/h1-6,12H,(H3,16,17,18,19). The van der Waals surface area contributed by atoms with Crippen molar-refractivity contribution >= 4 is 50.8 Å². The average Bonchev–Trinajstić information content (AvgIpc) is 2.88. The summed E-state index contributed by atoms with van der Waals surface area (Å²) in [5.41, 5.74) is 6.24. The van der Waals surface area contributed by atoms with Crippen LogP contribution in [0.4, 0.5) is 26.2 Å². The number of anilines is 3. The van der Waals surface area contributed by atoms with Gasteiger partial charge in [-0.1, -0.05) is 23.9 Å². The number of halogens is 2. The SMILES string of the molecule is Nc1nc(Nc2ccccc2SC(F)F)c2ccsc2n1. The van der Waals surface area contributed by atoms with E-state index >= 15 is 0 Å². The number of nitrogen functional groups attached to an aromatic ring is 1. The second-order valence-electron chi connectivity index (χ2n) is 4.07. The molecule has 0 radical (unpaired) electrons. The van der Waals surface area contributed by atoms with E-state index in [0.717, 1.165) is 10.2 Å². The van der Waals surface area contributed by atoms with E-state index < -0.39 is 5.76 Å². The van der Waals surface area contributed by atoms with Gasteiger partial charge in [-0.15, -0.1) is 11.3 Å². The number of alkyl halides is 2. The van der Waals surface area contributed by atoms with E-state index in [0.29, 0.717) is 28.2 Å². The normalized spacial score (nSPS) is 11.2. The van der Waals surface area contributed by atoms with Crippen molar-refractivity contribution in [2.45, 2.75) is 10.7 Å². The maximum absolute atomic E-state index is 12.6. The largest absolute Gasteiger partial charge is 0.368 e. The molecule has 0 unspecified atom stereocenters. The van der Waals surface area contributed by atoms with E-state index in [1.807, 2.05) is 11.4 Å². The highest BCUT2D eigenvalue weighted by Gasteiger charge is 2.12. The molecule has 4 nitrogen and oxygen atoms in total. The summed E-state index contributed by atoms with van der Waals surface area (Å²) >= 11 is 1.93. The first kappa shape index (κ1) is 14.0. The maximum atomic E-state index is 12.6. The zero-order valence-corrected chi connectivity index (χ0v) is 12.2. The van der Waals surface area contributed by atoms with Gasteiger partial charge in [-0.3, -0.25) is 0 Å². The Kier molecular flexibility index (Phi) is 3.89. The lowest BCUT2D eigenvalue weighted by Gasteiger charge is -2.11. The van der Waals surface area contributed by atoms with Gasteiger partial charge < -0.3 is 11.1 Å².